The van der Waals surface area contributed by atoms with E-state index in [0.29, 0.717) is 12.3 Å². The topological polar surface area (TPSA) is 23.6 Å². The summed E-state index contributed by atoms with van der Waals surface area (Å²) in [5.41, 5.74) is 0. The van der Waals surface area contributed by atoms with Gasteiger partial charge in [0.25, 0.3) is 0 Å². The molecule has 0 bridgehead atoms. The molecule has 1 unspecified atom stereocenters. The van der Waals surface area contributed by atoms with Gasteiger partial charge in [-0.05, 0) is 43.6 Å². The molecule has 2 aliphatic rings. The first kappa shape index (κ1) is 14.1. The van der Waals surface area contributed by atoms with Gasteiger partial charge in [0.1, 0.15) is 0 Å². The number of amides is 1. The Hall–Kier alpha value is -0.870. The fraction of sp³-hybridized carbons (Fsp3) is 0.688. The van der Waals surface area contributed by atoms with Crippen LogP contribution in [0.25, 0.3) is 0 Å². The number of piperazine rings is 1. The van der Waals surface area contributed by atoms with Crippen LogP contribution in [-0.4, -0.2) is 47.9 Å². The molecule has 1 saturated heterocycles. The van der Waals surface area contributed by atoms with Gasteiger partial charge in [0.15, 0.2) is 0 Å². The highest BCUT2D eigenvalue weighted by atomic mass is 32.1. The Morgan fingerprint density at radius 1 is 1.35 bits per heavy atom. The van der Waals surface area contributed by atoms with Gasteiger partial charge in [-0.2, -0.15) is 0 Å². The Morgan fingerprint density at radius 3 is 2.70 bits per heavy atom. The van der Waals surface area contributed by atoms with E-state index in [0.717, 1.165) is 44.6 Å². The standard InChI is InChI=1S/C16H24N2OS/c1-13(14-4-5-14)17-8-10-18(11-9-17)16(19)7-6-15-3-2-12-20-15/h2-3,12-14H,4-11H2,1H3. The van der Waals surface area contributed by atoms with Crippen molar-refractivity contribution in [2.75, 3.05) is 26.2 Å². The quantitative estimate of drug-likeness (QED) is 0.833. The van der Waals surface area contributed by atoms with Gasteiger partial charge in [-0.25, -0.2) is 0 Å². The van der Waals surface area contributed by atoms with E-state index in [-0.39, 0.29) is 0 Å². The van der Waals surface area contributed by atoms with Crippen molar-refractivity contribution in [3.8, 4) is 0 Å². The number of rotatable bonds is 5. The largest absolute Gasteiger partial charge is 0.340 e. The maximum absolute atomic E-state index is 12.2. The van der Waals surface area contributed by atoms with Crippen LogP contribution in [0.1, 0.15) is 31.1 Å². The number of carbonyl (C=O) groups excluding carboxylic acids is 1. The van der Waals surface area contributed by atoms with Crippen LogP contribution in [0.2, 0.25) is 0 Å². The van der Waals surface area contributed by atoms with E-state index in [2.05, 4.69) is 34.2 Å². The van der Waals surface area contributed by atoms with Crippen molar-refractivity contribution in [1.29, 1.82) is 0 Å². The molecule has 1 atom stereocenters. The first-order chi connectivity index (χ1) is 9.74. The second-order valence-corrected chi connectivity index (χ2v) is 7.11. The Morgan fingerprint density at radius 2 is 2.10 bits per heavy atom. The summed E-state index contributed by atoms with van der Waals surface area (Å²) in [6, 6.07) is 4.90. The summed E-state index contributed by atoms with van der Waals surface area (Å²) in [5.74, 6) is 1.26. The molecule has 1 saturated carbocycles. The van der Waals surface area contributed by atoms with Crippen molar-refractivity contribution in [3.05, 3.63) is 22.4 Å². The average Bonchev–Trinajstić information content (AvgIpc) is 3.21. The molecular weight excluding hydrogens is 268 g/mol. The molecule has 2 fully saturated rings. The van der Waals surface area contributed by atoms with Gasteiger partial charge in [-0.15, -0.1) is 11.3 Å². The van der Waals surface area contributed by atoms with E-state index < -0.39 is 0 Å². The molecule has 3 nitrogen and oxygen atoms in total. The minimum absolute atomic E-state index is 0.331. The number of hydrogen-bond acceptors (Lipinski definition) is 3. The van der Waals surface area contributed by atoms with Gasteiger partial charge >= 0.3 is 0 Å². The van der Waals surface area contributed by atoms with E-state index in [9.17, 15) is 4.79 Å². The zero-order valence-corrected chi connectivity index (χ0v) is 13.1. The van der Waals surface area contributed by atoms with E-state index in [1.807, 2.05) is 0 Å². The zero-order chi connectivity index (χ0) is 13.9. The first-order valence-electron chi connectivity index (χ1n) is 7.78. The number of carbonyl (C=O) groups is 1. The lowest BCUT2D eigenvalue weighted by molar-refractivity contribution is -0.133. The van der Waals surface area contributed by atoms with Crippen LogP contribution in [0.3, 0.4) is 0 Å². The minimum atomic E-state index is 0.331. The third-order valence-electron chi connectivity index (χ3n) is 4.71. The lowest BCUT2D eigenvalue weighted by atomic mass is 10.1. The highest BCUT2D eigenvalue weighted by Gasteiger charge is 2.33. The molecule has 1 aromatic rings. The third-order valence-corrected chi connectivity index (χ3v) is 5.65. The number of aryl methyl sites for hydroxylation is 1. The molecule has 0 N–H and O–H groups in total. The van der Waals surface area contributed by atoms with Crippen molar-refractivity contribution in [3.63, 3.8) is 0 Å². The van der Waals surface area contributed by atoms with Crippen LogP contribution in [0, 0.1) is 5.92 Å². The van der Waals surface area contributed by atoms with E-state index >= 15 is 0 Å². The Kier molecular flexibility index (Phi) is 4.41. The first-order valence-corrected chi connectivity index (χ1v) is 8.66. The Bertz CT molecular complexity index is 433. The van der Waals surface area contributed by atoms with Crippen LogP contribution >= 0.6 is 11.3 Å². The predicted molar refractivity (Wildman–Crippen MR) is 83.0 cm³/mol. The molecule has 110 valence electrons. The summed E-state index contributed by atoms with van der Waals surface area (Å²) < 4.78 is 0. The van der Waals surface area contributed by atoms with Crippen LogP contribution in [0.15, 0.2) is 17.5 Å². The Balaban J connectivity index is 1.41. The van der Waals surface area contributed by atoms with Crippen LogP contribution in [0.5, 0.6) is 0 Å². The molecule has 0 radical (unpaired) electrons. The number of nitrogens with zero attached hydrogens (tertiary/aromatic N) is 2. The highest BCUT2D eigenvalue weighted by molar-refractivity contribution is 7.09. The normalized spacial score (nSPS) is 21.9. The van der Waals surface area contributed by atoms with Gasteiger partial charge in [-0.1, -0.05) is 6.07 Å². The maximum atomic E-state index is 12.2. The third kappa shape index (κ3) is 3.41. The highest BCUT2D eigenvalue weighted by Crippen LogP contribution is 2.35. The molecule has 0 spiro atoms. The van der Waals surface area contributed by atoms with Gasteiger partial charge in [-0.3, -0.25) is 9.69 Å². The fourth-order valence-corrected chi connectivity index (χ4v) is 3.81. The molecule has 0 aromatic carbocycles. The van der Waals surface area contributed by atoms with E-state index in [1.54, 1.807) is 11.3 Å². The molecule has 1 aliphatic carbocycles. The van der Waals surface area contributed by atoms with Gasteiger partial charge in [0, 0.05) is 43.5 Å². The average molecular weight is 292 g/mol. The molecule has 2 heterocycles. The molecule has 4 heteroatoms. The lowest BCUT2D eigenvalue weighted by Crippen LogP contribution is -2.51. The number of hydrogen-bond donors (Lipinski definition) is 0. The van der Waals surface area contributed by atoms with Gasteiger partial charge in [0.2, 0.25) is 5.91 Å². The molecule has 1 aliphatic heterocycles. The summed E-state index contributed by atoms with van der Waals surface area (Å²) in [5, 5.41) is 2.08. The van der Waals surface area contributed by atoms with Crippen LogP contribution < -0.4 is 0 Å². The van der Waals surface area contributed by atoms with E-state index in [4.69, 9.17) is 0 Å². The molecular formula is C16H24N2OS. The van der Waals surface area contributed by atoms with Crippen molar-refractivity contribution in [2.24, 2.45) is 5.92 Å². The fourth-order valence-electron chi connectivity index (χ4n) is 3.10. The van der Waals surface area contributed by atoms with Crippen molar-refractivity contribution >= 4 is 17.2 Å². The van der Waals surface area contributed by atoms with E-state index in [1.165, 1.54) is 17.7 Å². The molecule has 20 heavy (non-hydrogen) atoms. The SMILES string of the molecule is CC(C1CC1)N1CCN(C(=O)CCc2cccs2)CC1. The molecule has 3 rings (SSSR count). The minimum Gasteiger partial charge on any atom is -0.340 e. The van der Waals surface area contributed by atoms with Gasteiger partial charge in [0.05, 0.1) is 0 Å². The van der Waals surface area contributed by atoms with Crippen LogP contribution in [-0.2, 0) is 11.2 Å². The zero-order valence-electron chi connectivity index (χ0n) is 12.3. The smallest absolute Gasteiger partial charge is 0.223 e. The predicted octanol–water partition coefficient (Wildman–Crippen LogP) is 2.62. The maximum Gasteiger partial charge on any atom is 0.223 e. The van der Waals surface area contributed by atoms with Crippen molar-refractivity contribution in [2.45, 2.75) is 38.6 Å². The number of thiophene rings is 1. The van der Waals surface area contributed by atoms with Gasteiger partial charge < -0.3 is 4.90 Å². The molecule has 1 amide bonds. The van der Waals surface area contributed by atoms with Crippen molar-refractivity contribution in [1.82, 2.24) is 9.80 Å². The second kappa shape index (κ2) is 6.27. The van der Waals surface area contributed by atoms with Crippen molar-refractivity contribution < 1.29 is 4.79 Å². The molecule has 1 aromatic heterocycles. The summed E-state index contributed by atoms with van der Waals surface area (Å²) in [7, 11) is 0. The van der Waals surface area contributed by atoms with Crippen LogP contribution in [0.4, 0.5) is 0 Å². The summed E-state index contributed by atoms with van der Waals surface area (Å²) in [6.07, 6.45) is 4.37. The Labute approximate surface area is 125 Å². The second-order valence-electron chi connectivity index (χ2n) is 6.07. The summed E-state index contributed by atoms with van der Waals surface area (Å²) in [4.78, 5) is 18.2. The lowest BCUT2D eigenvalue weighted by Gasteiger charge is -2.38. The summed E-state index contributed by atoms with van der Waals surface area (Å²) in [6.45, 7) is 6.30. The summed E-state index contributed by atoms with van der Waals surface area (Å²) >= 11 is 1.75. The monoisotopic (exact) mass is 292 g/mol.